The number of rotatable bonds is 5. The molecular weight excluding hydrogens is 286 g/mol. The molecule has 0 spiro atoms. The van der Waals surface area contributed by atoms with Crippen LogP contribution in [0.3, 0.4) is 0 Å². The van der Waals surface area contributed by atoms with E-state index in [4.69, 9.17) is 5.73 Å². The van der Waals surface area contributed by atoms with Crippen molar-refractivity contribution in [1.82, 2.24) is 4.90 Å². The fourth-order valence-electron chi connectivity index (χ4n) is 1.73. The van der Waals surface area contributed by atoms with Crippen LogP contribution in [0.4, 0.5) is 8.78 Å². The number of hydrogen-bond donors (Lipinski definition) is 1. The van der Waals surface area contributed by atoms with E-state index in [0.717, 1.165) is 0 Å². The van der Waals surface area contributed by atoms with Crippen LogP contribution in [0.5, 0.6) is 0 Å². The highest BCUT2D eigenvalue weighted by Crippen LogP contribution is 2.16. The predicted octanol–water partition coefficient (Wildman–Crippen LogP) is 2.72. The maximum absolute atomic E-state index is 13.6. The second-order valence-corrected chi connectivity index (χ2v) is 4.70. The van der Waals surface area contributed by atoms with Gasteiger partial charge in [0.2, 0.25) is 5.91 Å². The van der Waals surface area contributed by atoms with Crippen molar-refractivity contribution in [2.75, 3.05) is 6.54 Å². The molecule has 3 nitrogen and oxygen atoms in total. The van der Waals surface area contributed by atoms with Crippen molar-refractivity contribution in [2.24, 2.45) is 11.7 Å². The minimum atomic E-state index is -0.639. The first-order chi connectivity index (χ1) is 8.88. The second-order valence-electron chi connectivity index (χ2n) is 4.70. The molecular formula is C14H21ClF2N2O. The van der Waals surface area contributed by atoms with Crippen molar-refractivity contribution >= 4 is 18.3 Å². The summed E-state index contributed by atoms with van der Waals surface area (Å²) < 4.78 is 27.1. The Bertz CT molecular complexity index is 435. The van der Waals surface area contributed by atoms with Crippen molar-refractivity contribution in [1.29, 1.82) is 0 Å². The van der Waals surface area contributed by atoms with E-state index in [0.29, 0.717) is 6.54 Å². The molecule has 0 saturated carbocycles. The van der Waals surface area contributed by atoms with E-state index < -0.39 is 11.6 Å². The fraction of sp³-hybridized carbons (Fsp3) is 0.500. The first-order valence-electron chi connectivity index (χ1n) is 6.35. The molecule has 1 rings (SSSR count). The van der Waals surface area contributed by atoms with Gasteiger partial charge in [0.25, 0.3) is 0 Å². The molecule has 1 aromatic carbocycles. The lowest BCUT2D eigenvalue weighted by Crippen LogP contribution is -2.41. The molecule has 6 heteroatoms. The zero-order valence-electron chi connectivity index (χ0n) is 11.9. The molecule has 0 saturated heterocycles. The molecule has 0 fully saturated rings. The van der Waals surface area contributed by atoms with Crippen LogP contribution in [0, 0.1) is 17.6 Å². The number of carbonyl (C=O) groups excluding carboxylic acids is 1. The van der Waals surface area contributed by atoms with Crippen LogP contribution in [-0.2, 0) is 11.3 Å². The molecule has 1 aromatic rings. The third kappa shape index (κ3) is 4.42. The molecule has 0 aliphatic rings. The topological polar surface area (TPSA) is 46.3 Å². The normalized spacial score (nSPS) is 13.3. The Morgan fingerprint density at radius 1 is 1.30 bits per heavy atom. The Labute approximate surface area is 124 Å². The van der Waals surface area contributed by atoms with Crippen molar-refractivity contribution in [3.8, 4) is 0 Å². The van der Waals surface area contributed by atoms with Gasteiger partial charge in [0, 0.05) is 18.2 Å². The van der Waals surface area contributed by atoms with Crippen molar-refractivity contribution < 1.29 is 13.6 Å². The van der Waals surface area contributed by atoms with E-state index >= 15 is 0 Å². The molecule has 2 unspecified atom stereocenters. The number of halogens is 3. The van der Waals surface area contributed by atoms with Gasteiger partial charge in [0.05, 0.1) is 12.5 Å². The van der Waals surface area contributed by atoms with E-state index in [2.05, 4.69) is 0 Å². The average molecular weight is 307 g/mol. The Morgan fingerprint density at radius 3 is 2.20 bits per heavy atom. The van der Waals surface area contributed by atoms with E-state index in [-0.39, 0.29) is 42.4 Å². The quantitative estimate of drug-likeness (QED) is 0.909. The average Bonchev–Trinajstić information content (AvgIpc) is 2.37. The molecule has 0 bridgehead atoms. The van der Waals surface area contributed by atoms with Crippen LogP contribution in [0.25, 0.3) is 0 Å². The highest BCUT2D eigenvalue weighted by Gasteiger charge is 2.24. The largest absolute Gasteiger partial charge is 0.338 e. The van der Waals surface area contributed by atoms with Crippen molar-refractivity contribution in [2.45, 2.75) is 33.4 Å². The molecule has 0 aromatic heterocycles. The van der Waals surface area contributed by atoms with Gasteiger partial charge in [-0.3, -0.25) is 4.79 Å². The minimum Gasteiger partial charge on any atom is -0.338 e. The summed E-state index contributed by atoms with van der Waals surface area (Å²) in [4.78, 5) is 13.6. The number of hydrogen-bond acceptors (Lipinski definition) is 2. The van der Waals surface area contributed by atoms with E-state index in [1.54, 1.807) is 20.8 Å². The van der Waals surface area contributed by atoms with Crippen LogP contribution in [0.2, 0.25) is 0 Å². The second kappa shape index (κ2) is 8.17. The van der Waals surface area contributed by atoms with Gasteiger partial charge in [-0.1, -0.05) is 13.0 Å². The summed E-state index contributed by atoms with van der Waals surface area (Å²) in [7, 11) is 0. The number of amides is 1. The predicted molar refractivity (Wildman–Crippen MR) is 77.5 cm³/mol. The zero-order valence-corrected chi connectivity index (χ0v) is 12.7. The number of nitrogens with two attached hydrogens (primary N) is 1. The van der Waals surface area contributed by atoms with Gasteiger partial charge in [-0.15, -0.1) is 12.4 Å². The van der Waals surface area contributed by atoms with Crippen LogP contribution in [0.1, 0.15) is 26.3 Å². The Kier molecular flexibility index (Phi) is 7.68. The number of carbonyl (C=O) groups is 1. The van der Waals surface area contributed by atoms with Gasteiger partial charge in [0.15, 0.2) is 0 Å². The molecule has 20 heavy (non-hydrogen) atoms. The van der Waals surface area contributed by atoms with Crippen molar-refractivity contribution in [3.05, 3.63) is 35.4 Å². The summed E-state index contributed by atoms with van der Waals surface area (Å²) in [5, 5.41) is 0. The highest BCUT2D eigenvalue weighted by molar-refractivity contribution is 5.85. The molecule has 0 radical (unpaired) electrons. The molecule has 2 atom stereocenters. The van der Waals surface area contributed by atoms with Crippen LogP contribution < -0.4 is 5.73 Å². The maximum Gasteiger partial charge on any atom is 0.227 e. The van der Waals surface area contributed by atoms with Gasteiger partial charge in [-0.05, 0) is 26.0 Å². The van der Waals surface area contributed by atoms with E-state index in [1.165, 1.54) is 23.1 Å². The number of benzene rings is 1. The van der Waals surface area contributed by atoms with E-state index in [9.17, 15) is 13.6 Å². The molecule has 0 aliphatic heterocycles. The van der Waals surface area contributed by atoms with Gasteiger partial charge in [-0.25, -0.2) is 8.78 Å². The third-order valence-electron chi connectivity index (χ3n) is 3.28. The van der Waals surface area contributed by atoms with Gasteiger partial charge < -0.3 is 10.6 Å². The van der Waals surface area contributed by atoms with Gasteiger partial charge in [0.1, 0.15) is 11.6 Å². The van der Waals surface area contributed by atoms with E-state index in [1.807, 2.05) is 0 Å². The molecule has 2 N–H and O–H groups in total. The summed E-state index contributed by atoms with van der Waals surface area (Å²) in [6.45, 7) is 5.52. The van der Waals surface area contributed by atoms with Crippen LogP contribution >= 0.6 is 12.4 Å². The summed E-state index contributed by atoms with van der Waals surface area (Å²) in [5.74, 6) is -1.85. The summed E-state index contributed by atoms with van der Waals surface area (Å²) in [6.07, 6.45) is 0. The number of nitrogens with zero attached hydrogens (tertiary/aromatic N) is 1. The van der Waals surface area contributed by atoms with Crippen LogP contribution in [-0.4, -0.2) is 23.4 Å². The Hall–Kier alpha value is -1.20. The first-order valence-corrected chi connectivity index (χ1v) is 6.35. The lowest BCUT2D eigenvalue weighted by Gasteiger charge is -2.26. The molecule has 0 aliphatic carbocycles. The van der Waals surface area contributed by atoms with Crippen LogP contribution in [0.15, 0.2) is 18.2 Å². The standard InChI is InChI=1S/C14H20F2N2O.ClH/c1-4-18(14(19)9(2)10(3)17)8-11-12(15)6-5-7-13(11)16;/h5-7,9-10H,4,8,17H2,1-3H3;1H. The molecule has 0 heterocycles. The Morgan fingerprint density at radius 2 is 1.80 bits per heavy atom. The first kappa shape index (κ1) is 18.8. The van der Waals surface area contributed by atoms with Gasteiger partial charge in [-0.2, -0.15) is 0 Å². The van der Waals surface area contributed by atoms with Crippen molar-refractivity contribution in [3.63, 3.8) is 0 Å². The monoisotopic (exact) mass is 306 g/mol. The lowest BCUT2D eigenvalue weighted by molar-refractivity contribution is -0.135. The minimum absolute atomic E-state index is 0. The third-order valence-corrected chi connectivity index (χ3v) is 3.28. The summed E-state index contributed by atoms with van der Waals surface area (Å²) >= 11 is 0. The Balaban J connectivity index is 0.00000361. The molecule has 1 amide bonds. The fourth-order valence-corrected chi connectivity index (χ4v) is 1.73. The molecule has 114 valence electrons. The zero-order chi connectivity index (χ0) is 14.6. The summed E-state index contributed by atoms with van der Waals surface area (Å²) in [6, 6.07) is 3.38. The lowest BCUT2D eigenvalue weighted by atomic mass is 10.0. The summed E-state index contributed by atoms with van der Waals surface area (Å²) in [5.41, 5.74) is 5.60. The highest BCUT2D eigenvalue weighted by atomic mass is 35.5. The van der Waals surface area contributed by atoms with Gasteiger partial charge >= 0.3 is 0 Å². The smallest absolute Gasteiger partial charge is 0.227 e. The maximum atomic E-state index is 13.6. The SMILES string of the molecule is CCN(Cc1c(F)cccc1F)C(=O)C(C)C(C)N.Cl.